The molecule has 3 rings (SSSR count). The predicted molar refractivity (Wildman–Crippen MR) is 108 cm³/mol. The van der Waals surface area contributed by atoms with Gasteiger partial charge in [0.05, 0.1) is 0 Å². The highest BCUT2D eigenvalue weighted by Gasteiger charge is 2.29. The monoisotopic (exact) mass is 453 g/mol. The van der Waals surface area contributed by atoms with Gasteiger partial charge in [-0.1, -0.05) is 6.92 Å². The van der Waals surface area contributed by atoms with E-state index in [-0.39, 0.29) is 30.0 Å². The minimum Gasteiger partial charge on any atom is -0.368 e. The van der Waals surface area contributed by atoms with Crippen molar-refractivity contribution in [1.29, 1.82) is 0 Å². The van der Waals surface area contributed by atoms with Crippen LogP contribution in [0.4, 0.5) is 41.0 Å². The molecule has 3 aromatic rings. The number of hydrogen-bond acceptors (Lipinski definition) is 8. The van der Waals surface area contributed by atoms with E-state index in [1.165, 1.54) is 41.3 Å². The van der Waals surface area contributed by atoms with Crippen molar-refractivity contribution in [2.75, 3.05) is 22.9 Å². The molecule has 0 saturated carbocycles. The molecule has 10 nitrogen and oxygen atoms in total. The van der Waals surface area contributed by atoms with Gasteiger partial charge in [0.2, 0.25) is 17.8 Å². The van der Waals surface area contributed by atoms with E-state index in [0.717, 1.165) is 0 Å². The van der Waals surface area contributed by atoms with Crippen LogP contribution in [0.5, 0.6) is 0 Å². The zero-order valence-corrected chi connectivity index (χ0v) is 16.7. The lowest BCUT2D eigenvalue weighted by atomic mass is 10.2. The van der Waals surface area contributed by atoms with Gasteiger partial charge in [0, 0.05) is 11.8 Å². The summed E-state index contributed by atoms with van der Waals surface area (Å²) in [5.41, 5.74) is 6.43. The molecule has 0 unspecified atom stereocenters. The second-order valence-electron chi connectivity index (χ2n) is 6.54. The minimum atomic E-state index is -4.51. The fraction of sp³-hybridized carbons (Fsp3) is 0.278. The van der Waals surface area contributed by atoms with Crippen molar-refractivity contribution in [2.24, 2.45) is 0 Å². The van der Waals surface area contributed by atoms with Crippen LogP contribution in [0.3, 0.4) is 0 Å². The highest BCUT2D eigenvalue weighted by Crippen LogP contribution is 2.18. The average molecular weight is 453 g/mol. The van der Waals surface area contributed by atoms with Gasteiger partial charge in [0.25, 0.3) is 0 Å². The van der Waals surface area contributed by atoms with Crippen LogP contribution in [-0.2, 0) is 4.79 Å². The van der Waals surface area contributed by atoms with Crippen molar-refractivity contribution in [2.45, 2.75) is 25.6 Å². The van der Waals surface area contributed by atoms with Crippen LogP contribution in [0.2, 0.25) is 0 Å². The average Bonchev–Trinajstić information content (AvgIpc) is 3.11. The van der Waals surface area contributed by atoms with Gasteiger partial charge >= 0.3 is 6.18 Å². The number of nitrogen functional groups attached to an aromatic ring is 1. The molecule has 0 aliphatic rings. The molecule has 0 spiro atoms. The molecular formula is C18H19F4N9O. The molecule has 1 aromatic carbocycles. The first kappa shape index (κ1) is 22.7. The van der Waals surface area contributed by atoms with Crippen LogP contribution in [-0.4, -0.2) is 49.4 Å². The second-order valence-corrected chi connectivity index (χ2v) is 6.54. The van der Waals surface area contributed by atoms with Gasteiger partial charge < -0.3 is 21.7 Å². The Labute approximate surface area is 179 Å². The maximum absolute atomic E-state index is 13.0. The van der Waals surface area contributed by atoms with Crippen LogP contribution in [0, 0.1) is 5.82 Å². The first-order chi connectivity index (χ1) is 15.1. The standard InChI is InChI=1S/C18H19F4N9O/c1-2-12(15(32)24-8-18(20,21)22)28-13-7-14(26-9-25-13)31-16(23)29-17(30-31)27-11-5-3-10(19)4-6-11/h3-7,9,12H,2,8H2,1H3,(H,24,32)(H,25,26,28)(H3,23,27,29,30)/t12-/m0/s1. The summed E-state index contributed by atoms with van der Waals surface area (Å²) in [6.07, 6.45) is -3.13. The van der Waals surface area contributed by atoms with Crippen molar-refractivity contribution in [3.8, 4) is 5.82 Å². The molecule has 0 aliphatic heterocycles. The predicted octanol–water partition coefficient (Wildman–Crippen LogP) is 2.39. The Balaban J connectivity index is 1.73. The number of benzene rings is 1. The number of halogens is 4. The van der Waals surface area contributed by atoms with Crippen molar-refractivity contribution >= 4 is 29.3 Å². The number of rotatable bonds is 8. The molecule has 0 fully saturated rings. The topological polar surface area (TPSA) is 136 Å². The number of nitrogens with zero attached hydrogens (tertiary/aromatic N) is 5. The fourth-order valence-electron chi connectivity index (χ4n) is 2.59. The number of amides is 1. The zero-order chi connectivity index (χ0) is 23.3. The summed E-state index contributed by atoms with van der Waals surface area (Å²) in [5.74, 6) is -0.741. The van der Waals surface area contributed by atoms with Crippen molar-refractivity contribution in [1.82, 2.24) is 30.0 Å². The maximum Gasteiger partial charge on any atom is 0.405 e. The first-order valence-corrected chi connectivity index (χ1v) is 9.33. The van der Waals surface area contributed by atoms with Crippen LogP contribution in [0.15, 0.2) is 36.7 Å². The molecule has 1 atom stereocenters. The van der Waals surface area contributed by atoms with Gasteiger partial charge in [-0.05, 0) is 30.7 Å². The normalized spacial score (nSPS) is 12.3. The summed E-state index contributed by atoms with van der Waals surface area (Å²) < 4.78 is 51.3. The van der Waals surface area contributed by atoms with Gasteiger partial charge in [-0.25, -0.2) is 14.4 Å². The number of nitrogens with two attached hydrogens (primary N) is 1. The largest absolute Gasteiger partial charge is 0.405 e. The molecule has 170 valence electrons. The van der Waals surface area contributed by atoms with E-state index in [1.807, 2.05) is 5.32 Å². The van der Waals surface area contributed by atoms with Gasteiger partial charge in [-0.3, -0.25) is 4.79 Å². The van der Waals surface area contributed by atoms with Crippen LogP contribution >= 0.6 is 0 Å². The molecule has 14 heteroatoms. The van der Waals surface area contributed by atoms with E-state index in [2.05, 4.69) is 30.7 Å². The number of anilines is 4. The van der Waals surface area contributed by atoms with Crippen LogP contribution in [0.25, 0.3) is 5.82 Å². The lowest BCUT2D eigenvalue weighted by molar-refractivity contribution is -0.138. The number of carbonyl (C=O) groups excluding carboxylic acids is 1. The van der Waals surface area contributed by atoms with E-state index < -0.39 is 30.5 Å². The second kappa shape index (κ2) is 9.45. The Kier molecular flexibility index (Phi) is 6.70. The van der Waals surface area contributed by atoms with E-state index in [9.17, 15) is 22.4 Å². The van der Waals surface area contributed by atoms with Crippen molar-refractivity contribution in [3.63, 3.8) is 0 Å². The third-order valence-electron chi connectivity index (χ3n) is 4.11. The van der Waals surface area contributed by atoms with Gasteiger partial charge in [0.1, 0.15) is 30.5 Å². The third-order valence-corrected chi connectivity index (χ3v) is 4.11. The quantitative estimate of drug-likeness (QED) is 0.382. The summed E-state index contributed by atoms with van der Waals surface area (Å²) in [4.78, 5) is 24.1. The smallest absolute Gasteiger partial charge is 0.368 e. The maximum atomic E-state index is 13.0. The number of nitrogens with one attached hydrogen (secondary N) is 3. The summed E-state index contributed by atoms with van der Waals surface area (Å²) in [5, 5.41) is 11.6. The fourth-order valence-corrected chi connectivity index (χ4v) is 2.59. The van der Waals surface area contributed by atoms with Crippen LogP contribution in [0.1, 0.15) is 13.3 Å². The first-order valence-electron chi connectivity index (χ1n) is 9.33. The summed E-state index contributed by atoms with van der Waals surface area (Å²) >= 11 is 0. The number of aromatic nitrogens is 5. The molecule has 0 aliphatic carbocycles. The highest BCUT2D eigenvalue weighted by molar-refractivity contribution is 5.84. The Bertz CT molecular complexity index is 1070. The van der Waals surface area contributed by atoms with Crippen LogP contribution < -0.4 is 21.7 Å². The molecule has 2 aromatic heterocycles. The minimum absolute atomic E-state index is 0.0192. The lowest BCUT2D eigenvalue weighted by Crippen LogP contribution is -2.43. The van der Waals surface area contributed by atoms with Gasteiger partial charge in [-0.15, -0.1) is 5.10 Å². The summed E-state index contributed by atoms with van der Waals surface area (Å²) in [7, 11) is 0. The third kappa shape index (κ3) is 6.02. The van der Waals surface area contributed by atoms with Gasteiger partial charge in [0.15, 0.2) is 5.82 Å². The SMILES string of the molecule is CC[C@H](Nc1cc(-n2nc(Nc3ccc(F)cc3)nc2N)ncn1)C(=O)NCC(F)(F)F. The number of carbonyl (C=O) groups is 1. The van der Waals surface area contributed by atoms with E-state index in [4.69, 9.17) is 5.73 Å². The summed E-state index contributed by atoms with van der Waals surface area (Å²) in [6.45, 7) is 0.202. The number of alkyl halides is 3. The molecule has 1 amide bonds. The van der Waals surface area contributed by atoms with Crippen molar-refractivity contribution < 1.29 is 22.4 Å². The van der Waals surface area contributed by atoms with E-state index >= 15 is 0 Å². The number of hydrogen-bond donors (Lipinski definition) is 4. The molecule has 5 N–H and O–H groups in total. The Morgan fingerprint density at radius 1 is 1.22 bits per heavy atom. The Morgan fingerprint density at radius 2 is 1.94 bits per heavy atom. The Hall–Kier alpha value is -3.97. The molecular weight excluding hydrogens is 434 g/mol. The Morgan fingerprint density at radius 3 is 2.59 bits per heavy atom. The zero-order valence-electron chi connectivity index (χ0n) is 16.7. The van der Waals surface area contributed by atoms with E-state index in [0.29, 0.717) is 5.69 Å². The lowest BCUT2D eigenvalue weighted by Gasteiger charge is -2.18. The molecule has 2 heterocycles. The molecule has 32 heavy (non-hydrogen) atoms. The highest BCUT2D eigenvalue weighted by atomic mass is 19.4. The molecule has 0 bridgehead atoms. The summed E-state index contributed by atoms with van der Waals surface area (Å²) in [6, 6.07) is 5.97. The van der Waals surface area contributed by atoms with Crippen molar-refractivity contribution in [3.05, 3.63) is 42.5 Å². The van der Waals surface area contributed by atoms with Gasteiger partial charge in [-0.2, -0.15) is 22.8 Å². The molecule has 0 saturated heterocycles. The van der Waals surface area contributed by atoms with E-state index in [1.54, 1.807) is 6.92 Å². The molecule has 0 radical (unpaired) electrons.